The molecular weight excluding hydrogens is 324 g/mol. The molecule has 0 atom stereocenters. The third-order valence-electron chi connectivity index (χ3n) is 4.29. The van der Waals surface area contributed by atoms with Crippen LogP contribution in [-0.2, 0) is 13.2 Å². The number of aliphatic hydroxyl groups is 1. The van der Waals surface area contributed by atoms with Crippen molar-refractivity contribution in [2.75, 3.05) is 18.4 Å². The first-order valence-corrected chi connectivity index (χ1v) is 8.56. The normalized spacial score (nSPS) is 14.0. The molecule has 3 rings (SSSR count). The lowest BCUT2D eigenvalue weighted by atomic mass is 10.1. The minimum Gasteiger partial charge on any atom is -0.392 e. The SMILES string of the molecule is O=C(c1cc(Cl)ccc1NCc1ccc(CO)cc1)N1CCCC1. The summed E-state index contributed by atoms with van der Waals surface area (Å²) in [6.45, 7) is 2.27. The second kappa shape index (κ2) is 7.69. The van der Waals surface area contributed by atoms with Gasteiger partial charge < -0.3 is 15.3 Å². The number of aliphatic hydroxyl groups excluding tert-OH is 1. The van der Waals surface area contributed by atoms with E-state index in [2.05, 4.69) is 5.32 Å². The molecular formula is C19H21ClN2O2. The monoisotopic (exact) mass is 344 g/mol. The van der Waals surface area contributed by atoms with Crippen LogP contribution in [0.2, 0.25) is 5.02 Å². The highest BCUT2D eigenvalue weighted by Crippen LogP contribution is 2.24. The summed E-state index contributed by atoms with van der Waals surface area (Å²) in [4.78, 5) is 14.6. The van der Waals surface area contributed by atoms with Crippen LogP contribution in [0.5, 0.6) is 0 Å². The number of anilines is 1. The van der Waals surface area contributed by atoms with Crippen molar-refractivity contribution in [2.45, 2.75) is 26.0 Å². The van der Waals surface area contributed by atoms with Crippen LogP contribution in [0.4, 0.5) is 5.69 Å². The summed E-state index contributed by atoms with van der Waals surface area (Å²) < 4.78 is 0. The topological polar surface area (TPSA) is 52.6 Å². The van der Waals surface area contributed by atoms with Crippen molar-refractivity contribution in [3.8, 4) is 0 Å². The first-order chi connectivity index (χ1) is 11.7. The van der Waals surface area contributed by atoms with Gasteiger partial charge in [-0.05, 0) is 42.2 Å². The Kier molecular flexibility index (Phi) is 5.38. The van der Waals surface area contributed by atoms with E-state index in [-0.39, 0.29) is 12.5 Å². The van der Waals surface area contributed by atoms with Gasteiger partial charge >= 0.3 is 0 Å². The summed E-state index contributed by atoms with van der Waals surface area (Å²) in [5, 5.41) is 13.0. The molecule has 0 spiro atoms. The maximum absolute atomic E-state index is 12.7. The highest BCUT2D eigenvalue weighted by Gasteiger charge is 2.22. The van der Waals surface area contributed by atoms with E-state index >= 15 is 0 Å². The van der Waals surface area contributed by atoms with Gasteiger partial charge in [0, 0.05) is 30.3 Å². The summed E-state index contributed by atoms with van der Waals surface area (Å²) in [5.74, 6) is 0.0353. The number of nitrogens with one attached hydrogen (secondary N) is 1. The fourth-order valence-electron chi connectivity index (χ4n) is 2.90. The summed E-state index contributed by atoms with van der Waals surface area (Å²) in [7, 11) is 0. The van der Waals surface area contributed by atoms with E-state index in [0.717, 1.165) is 42.7 Å². The van der Waals surface area contributed by atoms with Crippen molar-refractivity contribution in [3.05, 3.63) is 64.2 Å². The molecule has 4 nitrogen and oxygen atoms in total. The van der Waals surface area contributed by atoms with Crippen molar-refractivity contribution in [1.82, 2.24) is 4.90 Å². The van der Waals surface area contributed by atoms with Gasteiger partial charge in [-0.2, -0.15) is 0 Å². The Labute approximate surface area is 147 Å². The number of carbonyl (C=O) groups is 1. The van der Waals surface area contributed by atoms with E-state index in [0.29, 0.717) is 17.1 Å². The molecule has 0 aliphatic carbocycles. The van der Waals surface area contributed by atoms with Gasteiger partial charge in [-0.15, -0.1) is 0 Å². The molecule has 1 aliphatic rings. The minimum atomic E-state index is 0.0353. The zero-order chi connectivity index (χ0) is 16.9. The zero-order valence-electron chi connectivity index (χ0n) is 13.5. The third kappa shape index (κ3) is 3.89. The number of likely N-dealkylation sites (tertiary alicyclic amines) is 1. The second-order valence-corrected chi connectivity index (χ2v) is 6.45. The third-order valence-corrected chi connectivity index (χ3v) is 4.53. The lowest BCUT2D eigenvalue weighted by molar-refractivity contribution is 0.0793. The van der Waals surface area contributed by atoms with Crippen LogP contribution in [0.15, 0.2) is 42.5 Å². The lowest BCUT2D eigenvalue weighted by Crippen LogP contribution is -2.28. The summed E-state index contributed by atoms with van der Waals surface area (Å²) >= 11 is 6.10. The Morgan fingerprint density at radius 1 is 1.08 bits per heavy atom. The van der Waals surface area contributed by atoms with Gasteiger partial charge in [-0.25, -0.2) is 0 Å². The number of halogens is 1. The van der Waals surface area contributed by atoms with E-state index in [9.17, 15) is 4.79 Å². The van der Waals surface area contributed by atoms with Gasteiger partial charge in [-0.3, -0.25) is 4.79 Å². The number of carbonyl (C=O) groups excluding carboxylic acids is 1. The molecule has 1 heterocycles. The summed E-state index contributed by atoms with van der Waals surface area (Å²) in [6.07, 6.45) is 2.12. The van der Waals surface area contributed by atoms with Gasteiger partial charge in [0.15, 0.2) is 0 Å². The van der Waals surface area contributed by atoms with E-state index < -0.39 is 0 Å². The number of hydrogen-bond donors (Lipinski definition) is 2. The van der Waals surface area contributed by atoms with Gasteiger partial charge in [0.1, 0.15) is 0 Å². The maximum Gasteiger partial charge on any atom is 0.256 e. The Balaban J connectivity index is 1.75. The average Bonchev–Trinajstić information content (AvgIpc) is 3.15. The van der Waals surface area contributed by atoms with Gasteiger partial charge in [0.2, 0.25) is 0 Å². The molecule has 1 amide bonds. The molecule has 5 heteroatoms. The van der Waals surface area contributed by atoms with Crippen LogP contribution >= 0.6 is 11.6 Å². The fraction of sp³-hybridized carbons (Fsp3) is 0.316. The minimum absolute atomic E-state index is 0.0353. The van der Waals surface area contributed by atoms with Crippen LogP contribution in [-0.4, -0.2) is 29.0 Å². The molecule has 24 heavy (non-hydrogen) atoms. The Bertz CT molecular complexity index is 710. The molecule has 126 valence electrons. The van der Waals surface area contributed by atoms with Gasteiger partial charge in [0.25, 0.3) is 5.91 Å². The van der Waals surface area contributed by atoms with E-state index in [1.807, 2.05) is 35.2 Å². The first-order valence-electron chi connectivity index (χ1n) is 8.19. The van der Waals surface area contributed by atoms with Crippen molar-refractivity contribution in [3.63, 3.8) is 0 Å². The molecule has 0 aromatic heterocycles. The quantitative estimate of drug-likeness (QED) is 0.870. The first kappa shape index (κ1) is 16.8. The number of hydrogen-bond acceptors (Lipinski definition) is 3. The largest absolute Gasteiger partial charge is 0.392 e. The Morgan fingerprint density at radius 2 is 1.75 bits per heavy atom. The van der Waals surface area contributed by atoms with E-state index in [1.165, 1.54) is 0 Å². The van der Waals surface area contributed by atoms with Crippen LogP contribution in [0.25, 0.3) is 0 Å². The fourth-order valence-corrected chi connectivity index (χ4v) is 3.07. The van der Waals surface area contributed by atoms with Crippen LogP contribution < -0.4 is 5.32 Å². The number of rotatable bonds is 5. The van der Waals surface area contributed by atoms with Crippen molar-refractivity contribution in [1.29, 1.82) is 0 Å². The van der Waals surface area contributed by atoms with Crippen molar-refractivity contribution >= 4 is 23.2 Å². The predicted molar refractivity (Wildman–Crippen MR) is 96.3 cm³/mol. The number of nitrogens with zero attached hydrogens (tertiary/aromatic N) is 1. The maximum atomic E-state index is 12.7. The molecule has 0 unspecified atom stereocenters. The summed E-state index contributed by atoms with van der Waals surface area (Å²) in [6, 6.07) is 13.1. The number of benzene rings is 2. The molecule has 0 saturated carbocycles. The highest BCUT2D eigenvalue weighted by molar-refractivity contribution is 6.31. The van der Waals surface area contributed by atoms with Crippen LogP contribution in [0.3, 0.4) is 0 Å². The van der Waals surface area contributed by atoms with E-state index in [1.54, 1.807) is 12.1 Å². The Morgan fingerprint density at radius 3 is 2.42 bits per heavy atom. The molecule has 2 aromatic carbocycles. The van der Waals surface area contributed by atoms with Crippen molar-refractivity contribution < 1.29 is 9.90 Å². The molecule has 1 aliphatic heterocycles. The summed E-state index contributed by atoms with van der Waals surface area (Å²) in [5.41, 5.74) is 3.38. The molecule has 1 saturated heterocycles. The highest BCUT2D eigenvalue weighted by atomic mass is 35.5. The average molecular weight is 345 g/mol. The predicted octanol–water partition coefficient (Wildman–Crippen LogP) is 3.68. The van der Waals surface area contributed by atoms with Crippen LogP contribution in [0.1, 0.15) is 34.3 Å². The molecule has 0 bridgehead atoms. The van der Waals surface area contributed by atoms with Crippen molar-refractivity contribution in [2.24, 2.45) is 0 Å². The molecule has 1 fully saturated rings. The molecule has 2 aromatic rings. The van der Waals surface area contributed by atoms with E-state index in [4.69, 9.17) is 16.7 Å². The molecule has 0 radical (unpaired) electrons. The van der Waals surface area contributed by atoms with Gasteiger partial charge in [0.05, 0.1) is 12.2 Å². The zero-order valence-corrected chi connectivity index (χ0v) is 14.2. The van der Waals surface area contributed by atoms with Crippen LogP contribution in [0, 0.1) is 0 Å². The second-order valence-electron chi connectivity index (χ2n) is 6.02. The standard InChI is InChI=1S/C19H21ClN2O2/c20-16-7-8-18(17(11-16)19(24)22-9-1-2-10-22)21-12-14-3-5-15(13-23)6-4-14/h3-8,11,21,23H,1-2,9-10,12-13H2. The Hall–Kier alpha value is -2.04. The molecule has 2 N–H and O–H groups in total. The van der Waals surface area contributed by atoms with Gasteiger partial charge in [-0.1, -0.05) is 35.9 Å². The lowest BCUT2D eigenvalue weighted by Gasteiger charge is -2.18. The smallest absolute Gasteiger partial charge is 0.256 e. The number of amides is 1.